The molecule has 29 heavy (non-hydrogen) atoms. The summed E-state index contributed by atoms with van der Waals surface area (Å²) in [6.07, 6.45) is 0.225. The lowest BCUT2D eigenvalue weighted by molar-refractivity contribution is -0.129. The number of fused-ring (bicyclic) bond motifs is 1. The minimum absolute atomic E-state index is 0.0748. The summed E-state index contributed by atoms with van der Waals surface area (Å²) in [5, 5.41) is 3.00. The third-order valence-electron chi connectivity index (χ3n) is 4.87. The summed E-state index contributed by atoms with van der Waals surface area (Å²) in [6.45, 7) is 8.82. The highest BCUT2D eigenvalue weighted by Gasteiger charge is 2.20. The smallest absolute Gasteiger partial charge is 0.231 e. The fourth-order valence-electron chi connectivity index (χ4n) is 3.30. The molecule has 2 aromatic carbocycles. The van der Waals surface area contributed by atoms with Crippen LogP contribution in [0.15, 0.2) is 42.5 Å². The zero-order valence-corrected chi connectivity index (χ0v) is 17.5. The first-order chi connectivity index (χ1) is 13.7. The normalized spacial score (nSPS) is 12.6. The summed E-state index contributed by atoms with van der Waals surface area (Å²) >= 11 is 0. The summed E-state index contributed by atoms with van der Waals surface area (Å²) in [6, 6.07) is 13.4. The Labute approximate surface area is 171 Å². The van der Waals surface area contributed by atoms with Crippen molar-refractivity contribution >= 4 is 17.5 Å². The van der Waals surface area contributed by atoms with Gasteiger partial charge in [0, 0.05) is 32.1 Å². The largest absolute Gasteiger partial charge is 0.454 e. The highest BCUT2D eigenvalue weighted by Crippen LogP contribution is 2.33. The zero-order chi connectivity index (χ0) is 21.0. The maximum Gasteiger partial charge on any atom is 0.231 e. The fraction of sp³-hybridized carbons (Fsp3) is 0.391. The highest BCUT2D eigenvalue weighted by molar-refractivity contribution is 5.92. The Bertz CT molecular complexity index is 902. The third-order valence-corrected chi connectivity index (χ3v) is 4.87. The quantitative estimate of drug-likeness (QED) is 0.799. The lowest BCUT2D eigenvalue weighted by Gasteiger charge is -2.24. The Kier molecular flexibility index (Phi) is 6.11. The number of para-hydroxylation sites is 1. The second-order valence-electron chi connectivity index (χ2n) is 8.22. The van der Waals surface area contributed by atoms with E-state index in [0.29, 0.717) is 24.6 Å². The molecule has 0 bridgehead atoms. The van der Waals surface area contributed by atoms with E-state index in [2.05, 4.69) is 26.1 Å². The molecule has 0 radical (unpaired) electrons. The van der Waals surface area contributed by atoms with Gasteiger partial charge in [-0.1, -0.05) is 45.0 Å². The van der Waals surface area contributed by atoms with Gasteiger partial charge in [-0.15, -0.1) is 0 Å². The molecule has 0 aromatic heterocycles. The average molecular weight is 396 g/mol. The van der Waals surface area contributed by atoms with Gasteiger partial charge in [-0.2, -0.15) is 0 Å². The molecule has 154 valence electrons. The first-order valence-corrected chi connectivity index (χ1v) is 9.77. The number of ether oxygens (including phenoxy) is 2. The molecule has 0 fully saturated rings. The number of nitrogens with one attached hydrogen (secondary N) is 1. The van der Waals surface area contributed by atoms with Gasteiger partial charge in [0.25, 0.3) is 0 Å². The molecule has 2 aromatic rings. The van der Waals surface area contributed by atoms with Crippen molar-refractivity contribution in [2.24, 2.45) is 0 Å². The minimum Gasteiger partial charge on any atom is -0.454 e. The van der Waals surface area contributed by atoms with E-state index in [4.69, 9.17) is 9.47 Å². The van der Waals surface area contributed by atoms with Crippen molar-refractivity contribution in [2.45, 2.75) is 46.1 Å². The molecule has 1 aliphatic rings. The van der Waals surface area contributed by atoms with Gasteiger partial charge in [0.1, 0.15) is 0 Å². The van der Waals surface area contributed by atoms with Crippen molar-refractivity contribution in [2.75, 3.05) is 18.7 Å². The Balaban J connectivity index is 1.61. The van der Waals surface area contributed by atoms with E-state index in [1.807, 2.05) is 42.5 Å². The van der Waals surface area contributed by atoms with Crippen LogP contribution in [0.4, 0.5) is 5.69 Å². The van der Waals surface area contributed by atoms with E-state index in [9.17, 15) is 9.59 Å². The van der Waals surface area contributed by atoms with Crippen LogP contribution in [0.3, 0.4) is 0 Å². The van der Waals surface area contributed by atoms with Crippen LogP contribution in [0.25, 0.3) is 0 Å². The maximum atomic E-state index is 12.5. The second-order valence-corrected chi connectivity index (χ2v) is 8.22. The first-order valence-electron chi connectivity index (χ1n) is 9.77. The predicted molar refractivity (Wildman–Crippen MR) is 112 cm³/mol. The number of benzene rings is 2. The SMILES string of the molecule is CC(=O)N(CCC(=O)Nc1ccccc1C(C)(C)C)Cc1ccc2c(c1)OCO2. The van der Waals surface area contributed by atoms with Crippen LogP contribution in [0.2, 0.25) is 0 Å². The van der Waals surface area contributed by atoms with Crippen LogP contribution in [0.5, 0.6) is 11.5 Å². The van der Waals surface area contributed by atoms with Crippen molar-refractivity contribution in [3.05, 3.63) is 53.6 Å². The van der Waals surface area contributed by atoms with E-state index in [0.717, 1.165) is 16.8 Å². The molecule has 0 saturated carbocycles. The molecule has 0 saturated heterocycles. The van der Waals surface area contributed by atoms with E-state index in [1.165, 1.54) is 6.92 Å². The fourth-order valence-corrected chi connectivity index (χ4v) is 3.30. The number of rotatable bonds is 6. The molecular weight excluding hydrogens is 368 g/mol. The van der Waals surface area contributed by atoms with Gasteiger partial charge >= 0.3 is 0 Å². The molecule has 3 rings (SSSR count). The molecule has 2 amide bonds. The van der Waals surface area contributed by atoms with Crippen molar-refractivity contribution in [1.82, 2.24) is 4.90 Å². The summed E-state index contributed by atoms with van der Waals surface area (Å²) in [5.41, 5.74) is 2.75. The molecule has 0 atom stereocenters. The van der Waals surface area contributed by atoms with Crippen LogP contribution in [0, 0.1) is 0 Å². The van der Waals surface area contributed by atoms with Gasteiger partial charge in [-0.25, -0.2) is 0 Å². The number of carbonyl (C=O) groups excluding carboxylic acids is 2. The number of hydrogen-bond acceptors (Lipinski definition) is 4. The van der Waals surface area contributed by atoms with Gasteiger partial charge in [0.2, 0.25) is 18.6 Å². The Hall–Kier alpha value is -3.02. The van der Waals surface area contributed by atoms with Crippen molar-refractivity contribution < 1.29 is 19.1 Å². The van der Waals surface area contributed by atoms with Crippen LogP contribution < -0.4 is 14.8 Å². The van der Waals surface area contributed by atoms with E-state index in [-0.39, 0.29) is 30.4 Å². The monoisotopic (exact) mass is 396 g/mol. The minimum atomic E-state index is -0.112. The number of anilines is 1. The standard InChI is InChI=1S/C23H28N2O4/c1-16(26)25(14-17-9-10-20-21(13-17)29-15-28-20)12-11-22(27)24-19-8-6-5-7-18(19)23(2,3)4/h5-10,13H,11-12,14-15H2,1-4H3,(H,24,27). The highest BCUT2D eigenvalue weighted by atomic mass is 16.7. The summed E-state index contributed by atoms with van der Waals surface area (Å²) < 4.78 is 10.7. The lowest BCUT2D eigenvalue weighted by atomic mass is 9.86. The van der Waals surface area contributed by atoms with Gasteiger partial charge < -0.3 is 19.7 Å². The Morgan fingerprint density at radius 3 is 2.52 bits per heavy atom. The molecule has 0 spiro atoms. The van der Waals surface area contributed by atoms with Crippen molar-refractivity contribution in [1.29, 1.82) is 0 Å². The number of hydrogen-bond donors (Lipinski definition) is 1. The van der Waals surface area contributed by atoms with Crippen molar-refractivity contribution in [3.63, 3.8) is 0 Å². The van der Waals surface area contributed by atoms with Crippen LogP contribution in [0.1, 0.15) is 45.2 Å². The molecule has 6 nitrogen and oxygen atoms in total. The molecule has 1 aliphatic heterocycles. The number of carbonyl (C=O) groups is 2. The Morgan fingerprint density at radius 2 is 1.79 bits per heavy atom. The second kappa shape index (κ2) is 8.55. The van der Waals surface area contributed by atoms with Gasteiger partial charge in [0.05, 0.1) is 0 Å². The summed E-state index contributed by atoms with van der Waals surface area (Å²) in [4.78, 5) is 26.3. The zero-order valence-electron chi connectivity index (χ0n) is 17.5. The average Bonchev–Trinajstić information content (AvgIpc) is 3.12. The molecule has 0 unspecified atom stereocenters. The summed E-state index contributed by atoms with van der Waals surface area (Å²) in [5.74, 6) is 1.20. The van der Waals surface area contributed by atoms with Gasteiger partial charge in [-0.05, 0) is 34.7 Å². The van der Waals surface area contributed by atoms with E-state index in [1.54, 1.807) is 4.90 Å². The molecule has 1 heterocycles. The van der Waals surface area contributed by atoms with Crippen LogP contribution >= 0.6 is 0 Å². The van der Waals surface area contributed by atoms with E-state index < -0.39 is 0 Å². The molecule has 6 heteroatoms. The number of amides is 2. The molecule has 1 N–H and O–H groups in total. The summed E-state index contributed by atoms with van der Waals surface area (Å²) in [7, 11) is 0. The van der Waals surface area contributed by atoms with Gasteiger partial charge in [0.15, 0.2) is 11.5 Å². The lowest BCUT2D eigenvalue weighted by Crippen LogP contribution is -2.31. The molecular formula is C23H28N2O4. The third kappa shape index (κ3) is 5.28. The topological polar surface area (TPSA) is 67.9 Å². The van der Waals surface area contributed by atoms with Crippen LogP contribution in [-0.2, 0) is 21.5 Å². The first kappa shape index (κ1) is 20.7. The van der Waals surface area contributed by atoms with Crippen LogP contribution in [-0.4, -0.2) is 30.1 Å². The number of nitrogens with zero attached hydrogens (tertiary/aromatic N) is 1. The predicted octanol–water partition coefficient (Wildman–Crippen LogP) is 4.09. The Morgan fingerprint density at radius 1 is 1.07 bits per heavy atom. The van der Waals surface area contributed by atoms with Crippen molar-refractivity contribution in [3.8, 4) is 11.5 Å². The van der Waals surface area contributed by atoms with E-state index >= 15 is 0 Å². The molecule has 0 aliphatic carbocycles. The van der Waals surface area contributed by atoms with Gasteiger partial charge in [-0.3, -0.25) is 9.59 Å². The maximum absolute atomic E-state index is 12.5.